The van der Waals surface area contributed by atoms with Crippen molar-refractivity contribution < 1.29 is 14.7 Å². The van der Waals surface area contributed by atoms with Crippen molar-refractivity contribution in [3.8, 4) is 0 Å². The van der Waals surface area contributed by atoms with Gasteiger partial charge in [-0.05, 0) is 25.9 Å². The van der Waals surface area contributed by atoms with Gasteiger partial charge in [-0.3, -0.25) is 4.79 Å². The van der Waals surface area contributed by atoms with E-state index < -0.39 is 11.9 Å². The summed E-state index contributed by atoms with van der Waals surface area (Å²) < 4.78 is 0. The summed E-state index contributed by atoms with van der Waals surface area (Å²) in [5.74, 6) is -1.43. The maximum Gasteiger partial charge on any atom is 0.314 e. The molecule has 0 heterocycles. The van der Waals surface area contributed by atoms with Crippen molar-refractivity contribution in [2.45, 2.75) is 20.3 Å². The van der Waals surface area contributed by atoms with E-state index in [2.05, 4.69) is 16.0 Å². The number of carbonyl (C=O) groups is 2. The topological polar surface area (TPSA) is 90.5 Å². The third-order valence-corrected chi connectivity index (χ3v) is 2.49. The summed E-state index contributed by atoms with van der Waals surface area (Å²) in [7, 11) is 1.85. The van der Waals surface area contributed by atoms with Crippen molar-refractivity contribution in [2.24, 2.45) is 11.8 Å². The molecule has 0 aliphatic rings. The minimum Gasteiger partial charge on any atom is -0.481 e. The van der Waals surface area contributed by atoms with E-state index in [4.69, 9.17) is 5.11 Å². The maximum atomic E-state index is 11.3. The number of nitrogens with one attached hydrogen (secondary N) is 3. The lowest BCUT2D eigenvalue weighted by molar-refractivity contribution is -0.142. The van der Waals surface area contributed by atoms with E-state index in [0.717, 1.165) is 13.0 Å². The van der Waals surface area contributed by atoms with Crippen LogP contribution in [0.3, 0.4) is 0 Å². The van der Waals surface area contributed by atoms with Crippen LogP contribution in [0.2, 0.25) is 0 Å². The van der Waals surface area contributed by atoms with Crippen LogP contribution in [0.25, 0.3) is 0 Å². The Labute approximate surface area is 102 Å². The number of urea groups is 1. The van der Waals surface area contributed by atoms with Crippen molar-refractivity contribution in [3.05, 3.63) is 0 Å². The van der Waals surface area contributed by atoms with Crippen LogP contribution in [0.4, 0.5) is 4.79 Å². The molecule has 0 aromatic carbocycles. The van der Waals surface area contributed by atoms with Gasteiger partial charge in [0.15, 0.2) is 0 Å². The predicted octanol–water partition coefficient (Wildman–Crippen LogP) is 0.252. The minimum atomic E-state index is -0.879. The average Bonchev–Trinajstić information content (AvgIpc) is 2.23. The molecule has 0 aromatic rings. The van der Waals surface area contributed by atoms with Crippen LogP contribution in [0.1, 0.15) is 20.3 Å². The molecule has 2 amide bonds. The molecule has 0 aromatic heterocycles. The van der Waals surface area contributed by atoms with E-state index in [1.165, 1.54) is 0 Å². The Morgan fingerprint density at radius 1 is 1.18 bits per heavy atom. The van der Waals surface area contributed by atoms with Crippen LogP contribution in [-0.2, 0) is 4.79 Å². The molecule has 6 heteroatoms. The van der Waals surface area contributed by atoms with Crippen molar-refractivity contribution in [2.75, 3.05) is 26.7 Å². The summed E-state index contributed by atoms with van der Waals surface area (Å²) in [6, 6.07) is -0.312. The molecule has 0 aliphatic heterocycles. The first-order valence-corrected chi connectivity index (χ1v) is 5.88. The molecule has 0 radical (unpaired) electrons. The number of hydrogen-bond donors (Lipinski definition) is 4. The zero-order chi connectivity index (χ0) is 13.3. The Balaban J connectivity index is 3.77. The third kappa shape index (κ3) is 7.57. The molecule has 0 aliphatic carbocycles. The number of amides is 2. The van der Waals surface area contributed by atoms with Crippen LogP contribution in [-0.4, -0.2) is 43.8 Å². The van der Waals surface area contributed by atoms with Crippen molar-refractivity contribution >= 4 is 12.0 Å². The van der Waals surface area contributed by atoms with Gasteiger partial charge in [-0.2, -0.15) is 0 Å². The first-order valence-electron chi connectivity index (χ1n) is 5.88. The van der Waals surface area contributed by atoms with Crippen LogP contribution in [0, 0.1) is 11.8 Å². The SMILES string of the molecule is CNCCCNC(=O)NCC(C(=O)O)C(C)C. The Morgan fingerprint density at radius 2 is 1.82 bits per heavy atom. The van der Waals surface area contributed by atoms with E-state index in [0.29, 0.717) is 6.54 Å². The lowest BCUT2D eigenvalue weighted by Crippen LogP contribution is -2.41. The van der Waals surface area contributed by atoms with Crippen molar-refractivity contribution in [1.82, 2.24) is 16.0 Å². The lowest BCUT2D eigenvalue weighted by atomic mass is 9.96. The van der Waals surface area contributed by atoms with Gasteiger partial charge in [0.05, 0.1) is 5.92 Å². The zero-order valence-electron chi connectivity index (χ0n) is 10.7. The molecule has 0 bridgehead atoms. The quantitative estimate of drug-likeness (QED) is 0.461. The van der Waals surface area contributed by atoms with Gasteiger partial charge >= 0.3 is 12.0 Å². The number of hydrogen-bond acceptors (Lipinski definition) is 3. The van der Waals surface area contributed by atoms with Gasteiger partial charge in [0.25, 0.3) is 0 Å². The van der Waals surface area contributed by atoms with Gasteiger partial charge in [-0.1, -0.05) is 13.8 Å². The third-order valence-electron chi connectivity index (χ3n) is 2.49. The summed E-state index contributed by atoms with van der Waals surface area (Å²) >= 11 is 0. The van der Waals surface area contributed by atoms with Gasteiger partial charge in [0.1, 0.15) is 0 Å². The second-order valence-corrected chi connectivity index (χ2v) is 4.28. The first-order chi connectivity index (χ1) is 7.99. The number of rotatable bonds is 8. The molecule has 1 unspecified atom stereocenters. The smallest absolute Gasteiger partial charge is 0.314 e. The molecule has 4 N–H and O–H groups in total. The average molecular weight is 245 g/mol. The second-order valence-electron chi connectivity index (χ2n) is 4.28. The normalized spacial score (nSPS) is 12.2. The van der Waals surface area contributed by atoms with Crippen LogP contribution < -0.4 is 16.0 Å². The molecule has 0 saturated heterocycles. The fourth-order valence-corrected chi connectivity index (χ4v) is 1.34. The molecule has 0 saturated carbocycles. The summed E-state index contributed by atoms with van der Waals surface area (Å²) in [6.45, 7) is 5.22. The highest BCUT2D eigenvalue weighted by atomic mass is 16.4. The van der Waals surface area contributed by atoms with Crippen molar-refractivity contribution in [1.29, 1.82) is 0 Å². The largest absolute Gasteiger partial charge is 0.481 e. The van der Waals surface area contributed by atoms with E-state index in [1.54, 1.807) is 0 Å². The van der Waals surface area contributed by atoms with Gasteiger partial charge in [0.2, 0.25) is 0 Å². The van der Waals surface area contributed by atoms with E-state index in [9.17, 15) is 9.59 Å². The standard InChI is InChI=1S/C11H23N3O3/c1-8(2)9(10(15)16)7-14-11(17)13-6-4-5-12-3/h8-9,12H,4-7H2,1-3H3,(H,15,16)(H2,13,14,17). The van der Waals surface area contributed by atoms with Gasteiger partial charge in [-0.25, -0.2) is 4.79 Å². The second kappa shape index (κ2) is 8.81. The molecule has 0 spiro atoms. The molecular weight excluding hydrogens is 222 g/mol. The van der Waals surface area contributed by atoms with Crippen molar-refractivity contribution in [3.63, 3.8) is 0 Å². The molecule has 6 nitrogen and oxygen atoms in total. The lowest BCUT2D eigenvalue weighted by Gasteiger charge is -2.16. The predicted molar refractivity (Wildman–Crippen MR) is 65.9 cm³/mol. The number of carbonyl (C=O) groups excluding carboxylic acids is 1. The summed E-state index contributed by atoms with van der Waals surface area (Å²) in [6.07, 6.45) is 0.844. The summed E-state index contributed by atoms with van der Waals surface area (Å²) in [4.78, 5) is 22.2. The monoisotopic (exact) mass is 245 g/mol. The Morgan fingerprint density at radius 3 is 2.29 bits per heavy atom. The molecule has 1 atom stereocenters. The summed E-state index contributed by atoms with van der Waals surface area (Å²) in [5, 5.41) is 17.1. The number of carboxylic acid groups (broad SMARTS) is 1. The fraction of sp³-hybridized carbons (Fsp3) is 0.818. The zero-order valence-corrected chi connectivity index (χ0v) is 10.7. The van der Waals surface area contributed by atoms with E-state index in [1.807, 2.05) is 20.9 Å². The van der Waals surface area contributed by atoms with Crippen LogP contribution in [0.15, 0.2) is 0 Å². The number of aliphatic carboxylic acids is 1. The first kappa shape index (κ1) is 15.7. The highest BCUT2D eigenvalue weighted by Gasteiger charge is 2.21. The minimum absolute atomic E-state index is 0.00269. The molecule has 0 rings (SSSR count). The fourth-order valence-electron chi connectivity index (χ4n) is 1.34. The summed E-state index contributed by atoms with van der Waals surface area (Å²) in [5.41, 5.74) is 0. The molecule has 100 valence electrons. The highest BCUT2D eigenvalue weighted by Crippen LogP contribution is 2.09. The van der Waals surface area contributed by atoms with E-state index in [-0.39, 0.29) is 18.5 Å². The van der Waals surface area contributed by atoms with Gasteiger partial charge in [-0.15, -0.1) is 0 Å². The molecule has 17 heavy (non-hydrogen) atoms. The highest BCUT2D eigenvalue weighted by molar-refractivity contribution is 5.75. The van der Waals surface area contributed by atoms with Gasteiger partial charge in [0, 0.05) is 13.1 Å². The Bertz CT molecular complexity index is 244. The molecule has 0 fully saturated rings. The Kier molecular flexibility index (Phi) is 8.13. The van der Waals surface area contributed by atoms with Crippen LogP contribution in [0.5, 0.6) is 0 Å². The van der Waals surface area contributed by atoms with Gasteiger partial charge < -0.3 is 21.1 Å². The number of carboxylic acids is 1. The molecular formula is C11H23N3O3. The van der Waals surface area contributed by atoms with Crippen LogP contribution >= 0.6 is 0 Å². The van der Waals surface area contributed by atoms with E-state index >= 15 is 0 Å². The Hall–Kier alpha value is -1.30. The maximum absolute atomic E-state index is 11.3.